The van der Waals surface area contributed by atoms with Gasteiger partial charge in [-0.25, -0.2) is 15.0 Å². The van der Waals surface area contributed by atoms with Crippen LogP contribution in [0.25, 0.3) is 110 Å². The zero-order valence-electron chi connectivity index (χ0n) is 33.3. The maximum atomic E-state index is 6.22. The number of allylic oxidation sites excluding steroid dienone is 1. The van der Waals surface area contributed by atoms with Gasteiger partial charge in [-0.3, -0.25) is 0 Å². The Labute approximate surface area is 357 Å². The smallest absolute Gasteiger partial charge is 0.160 e. The fourth-order valence-electron chi connectivity index (χ4n) is 9.25. The lowest BCUT2D eigenvalue weighted by Crippen LogP contribution is -2.07. The van der Waals surface area contributed by atoms with Gasteiger partial charge in [0.05, 0.1) is 27.5 Å². The molecule has 0 spiro atoms. The van der Waals surface area contributed by atoms with E-state index in [0.717, 1.165) is 73.4 Å². The van der Waals surface area contributed by atoms with Crippen molar-refractivity contribution in [3.63, 3.8) is 0 Å². The summed E-state index contributed by atoms with van der Waals surface area (Å²) < 4.78 is 8.73. The highest BCUT2D eigenvalue weighted by Gasteiger charge is 2.27. The van der Waals surface area contributed by atoms with Crippen molar-refractivity contribution in [2.24, 2.45) is 0 Å². The van der Waals surface area contributed by atoms with E-state index in [9.17, 15) is 0 Å². The highest BCUT2D eigenvalue weighted by Crippen LogP contribution is 2.48. The van der Waals surface area contributed by atoms with E-state index in [4.69, 9.17) is 19.4 Å². The van der Waals surface area contributed by atoms with E-state index in [1.807, 2.05) is 35.6 Å². The van der Waals surface area contributed by atoms with E-state index in [1.165, 1.54) is 48.0 Å². The third-order valence-corrected chi connectivity index (χ3v) is 13.3. The highest BCUT2D eigenvalue weighted by molar-refractivity contribution is 7.26. The standard InChI is InChI=1S/C56H37N3OS/c1-34-31-41(35-23-25-36(26-24-35)42-19-12-21-49-52(42)43-17-8-10-20-48(43)60-49)32-47-51(34)53-44-18-9-11-22-50(44)61-55(53)54(57-47)39-27-29-40(30-28-39)56-58-45(37-13-4-2-5-14-37)33-46(59-56)38-15-6-3-7-16-38/h2-30,32-34H,31H2,1H3. The average Bonchev–Trinajstić information content (AvgIpc) is 3.91. The lowest BCUT2D eigenvalue weighted by molar-refractivity contribution is 0.669. The van der Waals surface area contributed by atoms with Gasteiger partial charge in [0.1, 0.15) is 11.2 Å². The molecule has 0 radical (unpaired) electrons. The molecule has 12 rings (SSSR count). The fourth-order valence-corrected chi connectivity index (χ4v) is 10.5. The van der Waals surface area contributed by atoms with Crippen molar-refractivity contribution < 1.29 is 4.42 Å². The largest absolute Gasteiger partial charge is 0.456 e. The highest BCUT2D eigenvalue weighted by atomic mass is 32.1. The first-order valence-electron chi connectivity index (χ1n) is 20.8. The molecule has 4 heterocycles. The summed E-state index contributed by atoms with van der Waals surface area (Å²) in [6, 6.07) is 63.9. The first kappa shape index (κ1) is 35.5. The summed E-state index contributed by atoms with van der Waals surface area (Å²) in [5, 5.41) is 4.93. The Balaban J connectivity index is 0.954. The minimum atomic E-state index is 0.290. The molecule has 1 aliphatic carbocycles. The second kappa shape index (κ2) is 14.4. The van der Waals surface area contributed by atoms with Gasteiger partial charge < -0.3 is 4.42 Å². The molecule has 0 bridgehead atoms. The molecular weight excluding hydrogens is 763 g/mol. The zero-order valence-corrected chi connectivity index (χ0v) is 34.2. The van der Waals surface area contributed by atoms with Crippen LogP contribution < -0.4 is 0 Å². The van der Waals surface area contributed by atoms with Crippen LogP contribution in [0, 0.1) is 0 Å². The Morgan fingerprint density at radius 3 is 1.85 bits per heavy atom. The topological polar surface area (TPSA) is 51.8 Å². The Kier molecular flexibility index (Phi) is 8.36. The molecule has 288 valence electrons. The zero-order chi connectivity index (χ0) is 40.4. The summed E-state index contributed by atoms with van der Waals surface area (Å²) in [6.45, 7) is 2.36. The number of benzene rings is 7. The van der Waals surface area contributed by atoms with Crippen molar-refractivity contribution in [2.45, 2.75) is 19.3 Å². The summed E-state index contributed by atoms with van der Waals surface area (Å²) in [5.41, 5.74) is 16.0. The number of hydrogen-bond donors (Lipinski definition) is 0. The van der Waals surface area contributed by atoms with E-state index in [0.29, 0.717) is 5.82 Å². The SMILES string of the molecule is CC1CC(c2ccc(-c3cccc4oc5ccccc5c34)cc2)=Cc2nc(-c3ccc(-c4nc(-c5ccccc5)cc(-c5ccccc5)n4)cc3)c3sc4ccccc4c3c21. The van der Waals surface area contributed by atoms with Gasteiger partial charge in [0.25, 0.3) is 0 Å². The van der Waals surface area contributed by atoms with Gasteiger partial charge in [-0.2, -0.15) is 0 Å². The number of nitrogens with zero attached hydrogens (tertiary/aromatic N) is 3. The van der Waals surface area contributed by atoms with E-state index < -0.39 is 0 Å². The predicted molar refractivity (Wildman–Crippen MR) is 255 cm³/mol. The summed E-state index contributed by atoms with van der Waals surface area (Å²) in [5.74, 6) is 0.984. The number of pyridine rings is 1. The number of para-hydroxylation sites is 1. The monoisotopic (exact) mass is 799 g/mol. The molecule has 0 saturated carbocycles. The first-order valence-corrected chi connectivity index (χ1v) is 21.6. The normalized spacial score (nSPS) is 13.9. The van der Waals surface area contributed by atoms with Crippen LogP contribution in [0.15, 0.2) is 186 Å². The molecule has 4 nitrogen and oxygen atoms in total. The lowest BCUT2D eigenvalue weighted by Gasteiger charge is -2.25. The van der Waals surface area contributed by atoms with Gasteiger partial charge >= 0.3 is 0 Å². The number of fused-ring (bicyclic) bond motifs is 8. The van der Waals surface area contributed by atoms with Gasteiger partial charge in [-0.05, 0) is 70.5 Å². The third kappa shape index (κ3) is 6.08. The van der Waals surface area contributed by atoms with E-state index in [2.05, 4.69) is 171 Å². The molecule has 0 fully saturated rings. The second-order valence-electron chi connectivity index (χ2n) is 16.0. The Morgan fingerprint density at radius 2 is 1.11 bits per heavy atom. The molecule has 0 saturated heterocycles. The molecule has 0 N–H and O–H groups in total. The van der Waals surface area contributed by atoms with Crippen molar-refractivity contribution in [3.8, 4) is 56.3 Å². The molecule has 11 aromatic rings. The maximum Gasteiger partial charge on any atom is 0.160 e. The predicted octanol–water partition coefficient (Wildman–Crippen LogP) is 15.5. The van der Waals surface area contributed by atoms with Gasteiger partial charge in [-0.15, -0.1) is 11.3 Å². The van der Waals surface area contributed by atoms with Crippen molar-refractivity contribution in [3.05, 3.63) is 199 Å². The molecular formula is C56H37N3OS. The summed E-state index contributed by atoms with van der Waals surface area (Å²) >= 11 is 1.84. The van der Waals surface area contributed by atoms with E-state index in [1.54, 1.807) is 0 Å². The Bertz CT molecular complexity index is 3440. The molecule has 4 aromatic heterocycles. The number of aromatic nitrogens is 3. The van der Waals surface area contributed by atoms with Crippen molar-refractivity contribution in [1.82, 2.24) is 15.0 Å². The molecule has 1 atom stereocenters. The van der Waals surface area contributed by atoms with E-state index in [-0.39, 0.29) is 5.92 Å². The molecule has 5 heteroatoms. The molecule has 1 unspecified atom stereocenters. The number of rotatable bonds is 6. The van der Waals surface area contributed by atoms with Crippen LogP contribution >= 0.6 is 11.3 Å². The number of hydrogen-bond acceptors (Lipinski definition) is 5. The number of thiophene rings is 1. The van der Waals surface area contributed by atoms with Crippen molar-refractivity contribution >= 4 is 65.1 Å². The minimum Gasteiger partial charge on any atom is -0.456 e. The van der Waals surface area contributed by atoms with Gasteiger partial charge in [0.15, 0.2) is 5.82 Å². The van der Waals surface area contributed by atoms with Crippen LogP contribution in [-0.4, -0.2) is 15.0 Å². The van der Waals surface area contributed by atoms with Crippen LogP contribution in [-0.2, 0) is 0 Å². The molecule has 0 amide bonds. The second-order valence-corrected chi connectivity index (χ2v) is 17.0. The summed E-state index contributed by atoms with van der Waals surface area (Å²) in [4.78, 5) is 15.7. The summed E-state index contributed by atoms with van der Waals surface area (Å²) in [6.07, 6.45) is 3.28. The van der Waals surface area contributed by atoms with Crippen molar-refractivity contribution in [1.29, 1.82) is 0 Å². The number of furan rings is 1. The average molecular weight is 800 g/mol. The lowest BCUT2D eigenvalue weighted by atomic mass is 9.81. The molecule has 7 aromatic carbocycles. The quantitative estimate of drug-likeness (QED) is 0.168. The van der Waals surface area contributed by atoms with Gasteiger partial charge in [0.2, 0.25) is 0 Å². The Morgan fingerprint density at radius 1 is 0.508 bits per heavy atom. The fraction of sp³-hybridized carbons (Fsp3) is 0.0536. The van der Waals surface area contributed by atoms with Gasteiger partial charge in [-0.1, -0.05) is 165 Å². The first-order chi connectivity index (χ1) is 30.1. The van der Waals surface area contributed by atoms with Crippen LogP contribution in [0.4, 0.5) is 0 Å². The van der Waals surface area contributed by atoms with E-state index >= 15 is 0 Å². The van der Waals surface area contributed by atoms with Crippen LogP contribution in [0.1, 0.15) is 36.1 Å². The Hall–Kier alpha value is -7.47. The van der Waals surface area contributed by atoms with Crippen LogP contribution in [0.3, 0.4) is 0 Å². The maximum absolute atomic E-state index is 6.22. The van der Waals surface area contributed by atoms with Crippen molar-refractivity contribution in [2.75, 3.05) is 0 Å². The molecule has 1 aliphatic rings. The van der Waals surface area contributed by atoms with Crippen LogP contribution in [0.5, 0.6) is 0 Å². The molecule has 61 heavy (non-hydrogen) atoms. The summed E-state index contributed by atoms with van der Waals surface area (Å²) in [7, 11) is 0. The van der Waals surface area contributed by atoms with Crippen LogP contribution in [0.2, 0.25) is 0 Å². The van der Waals surface area contributed by atoms with Gasteiger partial charge in [0, 0.05) is 48.5 Å². The minimum absolute atomic E-state index is 0.290. The third-order valence-electron chi connectivity index (χ3n) is 12.2. The molecule has 0 aliphatic heterocycles.